The van der Waals surface area contributed by atoms with Crippen LogP contribution in [0, 0.1) is 0 Å². The van der Waals surface area contributed by atoms with Crippen molar-refractivity contribution in [2.45, 2.75) is 36.9 Å². The summed E-state index contributed by atoms with van der Waals surface area (Å²) in [5, 5.41) is 6.13. The molecule has 0 bridgehead atoms. The molecule has 0 radical (unpaired) electrons. The first-order chi connectivity index (χ1) is 12.0. The summed E-state index contributed by atoms with van der Waals surface area (Å²) in [5.41, 5.74) is 0. The maximum Gasteiger partial charge on any atom is 0.252 e. The Morgan fingerprint density at radius 3 is 2.73 bits per heavy atom. The Morgan fingerprint density at radius 2 is 2.12 bits per heavy atom. The van der Waals surface area contributed by atoms with Gasteiger partial charge in [0.15, 0.2) is 0 Å². The second kappa shape index (κ2) is 11.2. The summed E-state index contributed by atoms with van der Waals surface area (Å²) in [4.78, 5) is 12.9. The number of ether oxygens (including phenoxy) is 1. The first kappa shape index (κ1) is 23.3. The molecule has 0 spiro atoms. The van der Waals surface area contributed by atoms with Crippen LogP contribution < -0.4 is 10.6 Å². The molecule has 26 heavy (non-hydrogen) atoms. The van der Waals surface area contributed by atoms with Gasteiger partial charge in [-0.1, -0.05) is 13.8 Å². The van der Waals surface area contributed by atoms with Gasteiger partial charge in [-0.3, -0.25) is 4.79 Å². The van der Waals surface area contributed by atoms with Gasteiger partial charge in [0.25, 0.3) is 10.0 Å². The maximum atomic E-state index is 12.5. The zero-order chi connectivity index (χ0) is 18.3. The summed E-state index contributed by atoms with van der Waals surface area (Å²) < 4.78 is 32.1. The topological polar surface area (TPSA) is 87.7 Å². The fourth-order valence-electron chi connectivity index (χ4n) is 2.69. The van der Waals surface area contributed by atoms with Gasteiger partial charge >= 0.3 is 0 Å². The summed E-state index contributed by atoms with van der Waals surface area (Å²) in [5.74, 6) is -0.0180. The molecule has 150 valence electrons. The van der Waals surface area contributed by atoms with Crippen molar-refractivity contribution in [1.82, 2.24) is 14.9 Å². The number of hydrogen-bond donors (Lipinski definition) is 2. The molecule has 1 saturated heterocycles. The van der Waals surface area contributed by atoms with Crippen molar-refractivity contribution in [2.24, 2.45) is 0 Å². The van der Waals surface area contributed by atoms with Crippen LogP contribution in [0.25, 0.3) is 0 Å². The molecular formula is C16H28ClN3O4S2. The number of carbonyl (C=O) groups excluding carboxylic acids is 1. The van der Waals surface area contributed by atoms with Gasteiger partial charge in [-0.05, 0) is 18.6 Å². The number of nitrogens with one attached hydrogen (secondary N) is 2. The third kappa shape index (κ3) is 6.47. The van der Waals surface area contributed by atoms with E-state index in [0.717, 1.165) is 11.4 Å². The lowest BCUT2D eigenvalue weighted by molar-refractivity contribution is -0.122. The van der Waals surface area contributed by atoms with Gasteiger partial charge in [0.05, 0.1) is 13.2 Å². The van der Waals surface area contributed by atoms with E-state index in [1.807, 2.05) is 19.9 Å². The van der Waals surface area contributed by atoms with Gasteiger partial charge in [0.1, 0.15) is 4.21 Å². The Labute approximate surface area is 165 Å². The van der Waals surface area contributed by atoms with E-state index in [1.54, 1.807) is 6.07 Å². The Kier molecular flexibility index (Phi) is 10.1. The first-order valence-corrected chi connectivity index (χ1v) is 10.9. The molecule has 1 aliphatic rings. The molecule has 1 atom stereocenters. The molecule has 1 fully saturated rings. The second-order valence-corrected chi connectivity index (χ2v) is 9.17. The van der Waals surface area contributed by atoms with Crippen LogP contribution in [-0.4, -0.2) is 64.1 Å². The van der Waals surface area contributed by atoms with Crippen LogP contribution in [0.4, 0.5) is 0 Å². The van der Waals surface area contributed by atoms with E-state index in [0.29, 0.717) is 49.9 Å². The third-order valence-electron chi connectivity index (χ3n) is 4.06. The average molecular weight is 426 g/mol. The summed E-state index contributed by atoms with van der Waals surface area (Å²) >= 11 is 1.27. The lowest BCUT2D eigenvalue weighted by atomic mass is 10.2. The lowest BCUT2D eigenvalue weighted by Crippen LogP contribution is -2.44. The number of rotatable bonds is 9. The molecule has 0 saturated carbocycles. The second-order valence-electron chi connectivity index (χ2n) is 5.84. The Balaban J connectivity index is 0.00000338. The van der Waals surface area contributed by atoms with E-state index in [4.69, 9.17) is 4.74 Å². The molecule has 0 aromatic carbocycles. The van der Waals surface area contributed by atoms with Gasteiger partial charge < -0.3 is 15.4 Å². The highest BCUT2D eigenvalue weighted by molar-refractivity contribution is 7.91. The van der Waals surface area contributed by atoms with Crippen LogP contribution >= 0.6 is 23.7 Å². The smallest absolute Gasteiger partial charge is 0.252 e. The molecule has 1 aromatic rings. The molecule has 1 unspecified atom stereocenters. The summed E-state index contributed by atoms with van der Waals surface area (Å²) in [7, 11) is -3.40. The average Bonchev–Trinajstić information content (AvgIpc) is 3.06. The number of halogens is 1. The van der Waals surface area contributed by atoms with Crippen LogP contribution in [0.2, 0.25) is 0 Å². The standard InChI is InChI=1S/C16H27N3O4S2.ClH/c1-3-19(4-2)25(21,22)16-6-5-14(24-16)7-8-18-15(20)11-13-12-23-10-9-17-13;/h5-6,13,17H,3-4,7-12H2,1-2H3,(H,18,20);1H. The van der Waals surface area contributed by atoms with Crippen molar-refractivity contribution in [3.8, 4) is 0 Å². The van der Waals surface area contributed by atoms with Crippen molar-refractivity contribution in [3.63, 3.8) is 0 Å². The molecule has 1 aromatic heterocycles. The van der Waals surface area contributed by atoms with Gasteiger partial charge in [0.2, 0.25) is 5.91 Å². The van der Waals surface area contributed by atoms with Crippen molar-refractivity contribution in [2.75, 3.05) is 39.4 Å². The fraction of sp³-hybridized carbons (Fsp3) is 0.688. The van der Waals surface area contributed by atoms with E-state index < -0.39 is 10.0 Å². The molecular weight excluding hydrogens is 398 g/mol. The fourth-order valence-corrected chi connectivity index (χ4v) is 5.66. The number of sulfonamides is 1. The highest BCUT2D eigenvalue weighted by Crippen LogP contribution is 2.25. The number of morpholine rings is 1. The minimum atomic E-state index is -3.40. The van der Waals surface area contributed by atoms with Crippen molar-refractivity contribution in [1.29, 1.82) is 0 Å². The van der Waals surface area contributed by atoms with Crippen molar-refractivity contribution < 1.29 is 17.9 Å². The van der Waals surface area contributed by atoms with Gasteiger partial charge in [-0.2, -0.15) is 4.31 Å². The van der Waals surface area contributed by atoms with Gasteiger partial charge in [0, 0.05) is 43.5 Å². The predicted octanol–water partition coefficient (Wildman–Crippen LogP) is 1.24. The minimum absolute atomic E-state index is 0. The highest BCUT2D eigenvalue weighted by atomic mass is 35.5. The first-order valence-electron chi connectivity index (χ1n) is 8.64. The number of hydrogen-bond acceptors (Lipinski definition) is 6. The van der Waals surface area contributed by atoms with Crippen molar-refractivity contribution in [3.05, 3.63) is 17.0 Å². The van der Waals surface area contributed by atoms with Gasteiger partial charge in [-0.15, -0.1) is 23.7 Å². The number of thiophene rings is 1. The molecule has 2 N–H and O–H groups in total. The quantitative estimate of drug-likeness (QED) is 0.621. The molecule has 0 aliphatic carbocycles. The van der Waals surface area contributed by atoms with E-state index in [-0.39, 0.29) is 24.4 Å². The SMILES string of the molecule is CCN(CC)S(=O)(=O)c1ccc(CCNC(=O)CC2COCCN2)s1.Cl. The molecule has 10 heteroatoms. The maximum absolute atomic E-state index is 12.5. The van der Waals surface area contributed by atoms with E-state index in [2.05, 4.69) is 10.6 Å². The Hall–Kier alpha value is -0.710. The highest BCUT2D eigenvalue weighted by Gasteiger charge is 2.23. The molecule has 7 nitrogen and oxygen atoms in total. The summed E-state index contributed by atoms with van der Waals surface area (Å²) in [6, 6.07) is 3.55. The lowest BCUT2D eigenvalue weighted by Gasteiger charge is -2.23. The largest absolute Gasteiger partial charge is 0.378 e. The normalized spacial score (nSPS) is 17.7. The molecule has 1 aliphatic heterocycles. The minimum Gasteiger partial charge on any atom is -0.378 e. The number of nitrogens with zero attached hydrogens (tertiary/aromatic N) is 1. The Bertz CT molecular complexity index is 656. The third-order valence-corrected chi connectivity index (χ3v) is 7.72. The monoisotopic (exact) mass is 425 g/mol. The molecule has 2 heterocycles. The van der Waals surface area contributed by atoms with E-state index in [9.17, 15) is 13.2 Å². The zero-order valence-corrected chi connectivity index (χ0v) is 17.6. The van der Waals surface area contributed by atoms with E-state index >= 15 is 0 Å². The number of carbonyl (C=O) groups is 1. The van der Waals surface area contributed by atoms with Crippen molar-refractivity contribution >= 4 is 39.7 Å². The summed E-state index contributed by atoms with van der Waals surface area (Å²) in [6.45, 7) is 7.10. The van der Waals surface area contributed by atoms with Crippen LogP contribution in [0.1, 0.15) is 25.1 Å². The predicted molar refractivity (Wildman–Crippen MR) is 106 cm³/mol. The Morgan fingerprint density at radius 1 is 1.38 bits per heavy atom. The molecule has 1 amide bonds. The number of amides is 1. The van der Waals surface area contributed by atoms with Crippen LogP contribution in [0.15, 0.2) is 16.3 Å². The summed E-state index contributed by atoms with van der Waals surface area (Å²) in [6.07, 6.45) is 1.02. The van der Waals surface area contributed by atoms with Crippen LogP contribution in [0.3, 0.4) is 0 Å². The molecule has 2 rings (SSSR count). The van der Waals surface area contributed by atoms with Crippen LogP contribution in [-0.2, 0) is 26.0 Å². The van der Waals surface area contributed by atoms with Crippen LogP contribution in [0.5, 0.6) is 0 Å². The zero-order valence-electron chi connectivity index (χ0n) is 15.2. The van der Waals surface area contributed by atoms with Gasteiger partial charge in [-0.25, -0.2) is 8.42 Å². The van der Waals surface area contributed by atoms with E-state index in [1.165, 1.54) is 15.6 Å².